The molecule has 0 saturated heterocycles. The first-order chi connectivity index (χ1) is 14.5. The lowest BCUT2D eigenvalue weighted by Crippen LogP contribution is -2.36. The monoisotopic (exact) mass is 425 g/mol. The minimum Gasteiger partial charge on any atom is -0.480 e. The largest absolute Gasteiger partial charge is 0.480 e. The van der Waals surface area contributed by atoms with Gasteiger partial charge in [0, 0.05) is 24.1 Å². The van der Waals surface area contributed by atoms with Crippen LogP contribution in [-0.4, -0.2) is 29.6 Å². The molecule has 0 unspecified atom stereocenters. The first-order valence-electron chi connectivity index (χ1n) is 9.76. The van der Waals surface area contributed by atoms with Gasteiger partial charge in [-0.05, 0) is 49.6 Å². The van der Waals surface area contributed by atoms with Gasteiger partial charge in [-0.25, -0.2) is 4.79 Å². The third-order valence-corrected chi connectivity index (χ3v) is 4.78. The molecule has 31 heavy (non-hydrogen) atoms. The number of ether oxygens (including phenoxy) is 2. The van der Waals surface area contributed by atoms with E-state index in [1.165, 1.54) is 13.8 Å². The zero-order valence-corrected chi connectivity index (χ0v) is 17.9. The second kappa shape index (κ2) is 9.93. The lowest BCUT2D eigenvalue weighted by atomic mass is 9.94. The summed E-state index contributed by atoms with van der Waals surface area (Å²) in [5.41, 5.74) is 7.63. The second-order valence-electron chi connectivity index (χ2n) is 7.80. The Balaban J connectivity index is 2.30. The number of para-hydroxylation sites is 1. The van der Waals surface area contributed by atoms with E-state index < -0.39 is 23.3 Å². The van der Waals surface area contributed by atoms with Crippen molar-refractivity contribution in [1.82, 2.24) is 0 Å². The first-order valence-corrected chi connectivity index (χ1v) is 9.76. The van der Waals surface area contributed by atoms with Crippen molar-refractivity contribution in [1.29, 1.82) is 0 Å². The number of anilines is 1. The van der Waals surface area contributed by atoms with E-state index in [0.29, 0.717) is 29.7 Å². The molecule has 7 heteroatoms. The van der Waals surface area contributed by atoms with Crippen LogP contribution < -0.4 is 10.5 Å². The van der Waals surface area contributed by atoms with Gasteiger partial charge in [-0.15, -0.1) is 0 Å². The molecule has 2 aromatic rings. The number of esters is 2. The van der Waals surface area contributed by atoms with Crippen LogP contribution in [0.5, 0.6) is 5.75 Å². The summed E-state index contributed by atoms with van der Waals surface area (Å²) in [6.45, 7) is 7.87. The fourth-order valence-corrected chi connectivity index (χ4v) is 2.63. The van der Waals surface area contributed by atoms with Crippen LogP contribution in [0.25, 0.3) is 0 Å². The highest BCUT2D eigenvalue weighted by Gasteiger charge is 2.38. The number of carbonyl (C=O) groups is 3. The van der Waals surface area contributed by atoms with Crippen molar-refractivity contribution < 1.29 is 29.0 Å². The molecule has 2 rings (SSSR count). The van der Waals surface area contributed by atoms with Crippen LogP contribution in [0.2, 0.25) is 0 Å². The van der Waals surface area contributed by atoms with E-state index in [1.807, 2.05) is 24.3 Å². The molecule has 0 fully saturated rings. The molecule has 164 valence electrons. The van der Waals surface area contributed by atoms with Crippen LogP contribution in [0.3, 0.4) is 0 Å². The van der Waals surface area contributed by atoms with E-state index in [1.54, 1.807) is 25.1 Å². The molecule has 3 N–H and O–H groups in total. The number of carboxylic acids is 1. The van der Waals surface area contributed by atoms with E-state index in [9.17, 15) is 19.5 Å². The molecule has 0 aromatic heterocycles. The number of carboxylic acid groups (broad SMARTS) is 1. The molecule has 0 aliphatic heterocycles. The predicted molar refractivity (Wildman–Crippen MR) is 117 cm³/mol. The number of carbonyl (C=O) groups excluding carboxylic acids is 2. The van der Waals surface area contributed by atoms with Crippen LogP contribution in [0.1, 0.15) is 37.5 Å². The Morgan fingerprint density at radius 1 is 1.10 bits per heavy atom. The number of benzene rings is 2. The van der Waals surface area contributed by atoms with Crippen LogP contribution in [0, 0.1) is 5.41 Å². The minimum atomic E-state index is -1.70. The highest BCUT2D eigenvalue weighted by Crippen LogP contribution is 2.28. The Hall–Kier alpha value is -3.61. The second-order valence-corrected chi connectivity index (χ2v) is 7.80. The number of hydrogen-bond donors (Lipinski definition) is 2. The molecule has 7 nitrogen and oxygen atoms in total. The van der Waals surface area contributed by atoms with Crippen molar-refractivity contribution in [3.8, 4) is 5.75 Å². The smallest absolute Gasteiger partial charge is 0.333 e. The third-order valence-electron chi connectivity index (χ3n) is 4.78. The summed E-state index contributed by atoms with van der Waals surface area (Å²) in [7, 11) is 0. The molecule has 0 aliphatic carbocycles. The van der Waals surface area contributed by atoms with E-state index in [2.05, 4.69) is 6.58 Å². The summed E-state index contributed by atoms with van der Waals surface area (Å²) in [6, 6.07) is 12.5. The maximum atomic E-state index is 12.4. The maximum absolute atomic E-state index is 12.4. The fraction of sp³-hybridized carbons (Fsp3) is 0.292. The van der Waals surface area contributed by atoms with Gasteiger partial charge in [-0.3, -0.25) is 9.59 Å². The Morgan fingerprint density at radius 2 is 1.77 bits per heavy atom. The first kappa shape index (κ1) is 23.7. The van der Waals surface area contributed by atoms with Gasteiger partial charge in [-0.1, -0.05) is 36.9 Å². The van der Waals surface area contributed by atoms with Gasteiger partial charge in [0.05, 0.1) is 6.61 Å². The highest BCUT2D eigenvalue weighted by molar-refractivity contribution is 5.99. The molecular formula is C24H27NO6. The summed E-state index contributed by atoms with van der Waals surface area (Å²) in [5, 5.41) is 9.29. The average molecular weight is 425 g/mol. The van der Waals surface area contributed by atoms with Gasteiger partial charge in [0.1, 0.15) is 5.75 Å². The molecule has 0 heterocycles. The van der Waals surface area contributed by atoms with E-state index in [-0.39, 0.29) is 12.4 Å². The normalized spacial score (nSPS) is 10.9. The van der Waals surface area contributed by atoms with Gasteiger partial charge >= 0.3 is 17.9 Å². The van der Waals surface area contributed by atoms with Crippen LogP contribution in [0.4, 0.5) is 5.69 Å². The van der Waals surface area contributed by atoms with Crippen LogP contribution in [-0.2, 0) is 32.0 Å². The summed E-state index contributed by atoms with van der Waals surface area (Å²) >= 11 is 0. The van der Waals surface area contributed by atoms with Gasteiger partial charge in [0.25, 0.3) is 0 Å². The van der Waals surface area contributed by atoms with Crippen molar-refractivity contribution in [3.63, 3.8) is 0 Å². The van der Waals surface area contributed by atoms with Gasteiger partial charge in [0.2, 0.25) is 0 Å². The number of nitrogen functional groups attached to an aromatic ring is 1. The molecule has 0 spiro atoms. The third kappa shape index (κ3) is 6.18. The van der Waals surface area contributed by atoms with E-state index in [0.717, 1.165) is 11.1 Å². The average Bonchev–Trinajstić information content (AvgIpc) is 2.71. The molecule has 0 saturated carbocycles. The van der Waals surface area contributed by atoms with Crippen molar-refractivity contribution in [3.05, 3.63) is 71.3 Å². The van der Waals surface area contributed by atoms with Gasteiger partial charge < -0.3 is 20.3 Å². The summed E-state index contributed by atoms with van der Waals surface area (Å²) < 4.78 is 10.6. The molecule has 0 amide bonds. The predicted octanol–water partition coefficient (Wildman–Crippen LogP) is 3.54. The zero-order chi connectivity index (χ0) is 23.2. The molecular weight excluding hydrogens is 398 g/mol. The topological polar surface area (TPSA) is 116 Å². The maximum Gasteiger partial charge on any atom is 0.333 e. The van der Waals surface area contributed by atoms with Gasteiger partial charge in [0.15, 0.2) is 5.41 Å². The van der Waals surface area contributed by atoms with Crippen molar-refractivity contribution in [2.24, 2.45) is 5.41 Å². The fourth-order valence-electron chi connectivity index (χ4n) is 2.63. The Bertz CT molecular complexity index is 1010. The highest BCUT2D eigenvalue weighted by atomic mass is 16.5. The lowest BCUT2D eigenvalue weighted by molar-refractivity contribution is -0.160. The summed E-state index contributed by atoms with van der Waals surface area (Å²) in [5.74, 6) is -2.35. The van der Waals surface area contributed by atoms with Crippen LogP contribution >= 0.6 is 0 Å². The molecule has 0 aliphatic rings. The lowest BCUT2D eigenvalue weighted by Gasteiger charge is -2.19. The Kier molecular flexibility index (Phi) is 7.58. The summed E-state index contributed by atoms with van der Waals surface area (Å²) in [6.07, 6.45) is 0.827. The van der Waals surface area contributed by atoms with Gasteiger partial charge in [-0.2, -0.15) is 0 Å². The summed E-state index contributed by atoms with van der Waals surface area (Å²) in [4.78, 5) is 35.4. The molecule has 2 aromatic carbocycles. The standard InChI is InChI=1S/C24H27NO6/c1-15(2)21(26)30-12-11-16-9-10-20(31-23(29)24(3,4)22(27)28)18(13-16)14-17-7-5-6-8-19(17)25/h5-10,13H,1,11-12,14,25H2,2-4H3,(H,27,28). The Morgan fingerprint density at radius 3 is 2.39 bits per heavy atom. The SMILES string of the molecule is C=C(C)C(=O)OCCc1ccc(OC(=O)C(C)(C)C(=O)O)c(Cc2ccccc2N)c1. The van der Waals surface area contributed by atoms with Crippen molar-refractivity contribution >= 4 is 23.6 Å². The molecule has 0 atom stereocenters. The number of hydrogen-bond acceptors (Lipinski definition) is 6. The van der Waals surface area contributed by atoms with E-state index in [4.69, 9.17) is 15.2 Å². The Labute approximate surface area is 181 Å². The number of rotatable bonds is 9. The van der Waals surface area contributed by atoms with E-state index >= 15 is 0 Å². The van der Waals surface area contributed by atoms with Crippen molar-refractivity contribution in [2.45, 2.75) is 33.6 Å². The molecule has 0 bridgehead atoms. The number of aliphatic carboxylic acids is 1. The molecule has 0 radical (unpaired) electrons. The number of nitrogens with two attached hydrogens (primary N) is 1. The van der Waals surface area contributed by atoms with Crippen LogP contribution in [0.15, 0.2) is 54.6 Å². The minimum absolute atomic E-state index is 0.170. The van der Waals surface area contributed by atoms with Crippen molar-refractivity contribution in [2.75, 3.05) is 12.3 Å². The zero-order valence-electron chi connectivity index (χ0n) is 17.9. The quantitative estimate of drug-likeness (QED) is 0.207.